The number of nitrogens with zero attached hydrogens (tertiary/aromatic N) is 1. The molecule has 0 aliphatic heterocycles. The third-order valence-corrected chi connectivity index (χ3v) is 2.13. The van der Waals surface area contributed by atoms with Gasteiger partial charge in [-0.05, 0) is 28.9 Å². The summed E-state index contributed by atoms with van der Waals surface area (Å²) in [7, 11) is 0. The van der Waals surface area contributed by atoms with Gasteiger partial charge >= 0.3 is 0 Å². The molecule has 0 saturated carbocycles. The SMILES string of the molecule is C=C(Cl)Cn1cc(Br)cc(C)c1=O. The van der Waals surface area contributed by atoms with Crippen LogP contribution in [0, 0.1) is 6.92 Å². The average Bonchev–Trinajstić information content (AvgIpc) is 1.98. The van der Waals surface area contributed by atoms with Crippen molar-refractivity contribution in [2.75, 3.05) is 0 Å². The Kier molecular flexibility index (Phi) is 3.33. The number of halogens is 2. The van der Waals surface area contributed by atoms with Gasteiger partial charge in [-0.2, -0.15) is 0 Å². The minimum absolute atomic E-state index is 0.0370. The maximum absolute atomic E-state index is 11.5. The molecular formula is C9H9BrClNO. The van der Waals surface area contributed by atoms with Crippen LogP contribution in [-0.4, -0.2) is 4.57 Å². The summed E-state index contributed by atoms with van der Waals surface area (Å²) in [5.41, 5.74) is 0.650. The second-order valence-corrected chi connectivity index (χ2v) is 4.24. The fourth-order valence-corrected chi connectivity index (χ4v) is 1.76. The predicted molar refractivity (Wildman–Crippen MR) is 58.1 cm³/mol. The van der Waals surface area contributed by atoms with E-state index in [2.05, 4.69) is 22.5 Å². The summed E-state index contributed by atoms with van der Waals surface area (Å²) in [6.45, 7) is 5.65. The average molecular weight is 263 g/mol. The van der Waals surface area contributed by atoms with Gasteiger partial charge in [0.25, 0.3) is 5.56 Å². The van der Waals surface area contributed by atoms with Crippen LogP contribution >= 0.6 is 27.5 Å². The largest absolute Gasteiger partial charge is 0.309 e. The van der Waals surface area contributed by atoms with Gasteiger partial charge in [-0.25, -0.2) is 0 Å². The highest BCUT2D eigenvalue weighted by atomic mass is 79.9. The highest BCUT2D eigenvalue weighted by molar-refractivity contribution is 9.10. The second kappa shape index (κ2) is 4.11. The zero-order valence-corrected chi connectivity index (χ0v) is 9.52. The summed E-state index contributed by atoms with van der Waals surface area (Å²) in [5, 5.41) is 0.444. The Morgan fingerprint density at radius 1 is 1.77 bits per heavy atom. The van der Waals surface area contributed by atoms with Crippen LogP contribution < -0.4 is 5.56 Å². The van der Waals surface area contributed by atoms with Crippen LogP contribution in [0.2, 0.25) is 0 Å². The topological polar surface area (TPSA) is 22.0 Å². The van der Waals surface area contributed by atoms with Crippen molar-refractivity contribution in [2.24, 2.45) is 0 Å². The van der Waals surface area contributed by atoms with E-state index in [9.17, 15) is 4.79 Å². The van der Waals surface area contributed by atoms with E-state index in [1.54, 1.807) is 19.2 Å². The van der Waals surface area contributed by atoms with E-state index in [-0.39, 0.29) is 5.56 Å². The molecule has 4 heteroatoms. The van der Waals surface area contributed by atoms with Crippen molar-refractivity contribution < 1.29 is 0 Å². The molecule has 0 N–H and O–H groups in total. The van der Waals surface area contributed by atoms with Crippen molar-refractivity contribution in [3.05, 3.63) is 44.3 Å². The van der Waals surface area contributed by atoms with Crippen molar-refractivity contribution in [1.29, 1.82) is 0 Å². The number of pyridine rings is 1. The third kappa shape index (κ3) is 2.71. The lowest BCUT2D eigenvalue weighted by molar-refractivity contribution is 0.760. The van der Waals surface area contributed by atoms with Gasteiger partial charge in [-0.1, -0.05) is 18.2 Å². The zero-order valence-electron chi connectivity index (χ0n) is 7.18. The first kappa shape index (κ1) is 10.5. The van der Waals surface area contributed by atoms with Crippen molar-refractivity contribution in [3.63, 3.8) is 0 Å². The first-order valence-corrected chi connectivity index (χ1v) is 4.87. The van der Waals surface area contributed by atoms with Crippen molar-refractivity contribution in [2.45, 2.75) is 13.5 Å². The quantitative estimate of drug-likeness (QED) is 0.803. The van der Waals surface area contributed by atoms with E-state index in [1.807, 2.05) is 0 Å². The van der Waals surface area contributed by atoms with Crippen LogP contribution in [0.5, 0.6) is 0 Å². The molecule has 0 aliphatic rings. The van der Waals surface area contributed by atoms with Crippen LogP contribution in [0.15, 0.2) is 33.1 Å². The van der Waals surface area contributed by atoms with E-state index < -0.39 is 0 Å². The summed E-state index contributed by atoms with van der Waals surface area (Å²) in [5.74, 6) is 0. The highest BCUT2D eigenvalue weighted by Crippen LogP contribution is 2.09. The van der Waals surface area contributed by atoms with E-state index in [4.69, 9.17) is 11.6 Å². The minimum Gasteiger partial charge on any atom is -0.309 e. The van der Waals surface area contributed by atoms with Crippen molar-refractivity contribution >= 4 is 27.5 Å². The van der Waals surface area contributed by atoms with Gasteiger partial charge in [0.15, 0.2) is 0 Å². The Morgan fingerprint density at radius 3 is 2.92 bits per heavy atom. The Balaban J connectivity index is 3.21. The Hall–Kier alpha value is -0.540. The van der Waals surface area contributed by atoms with Crippen LogP contribution in [0.1, 0.15) is 5.56 Å². The molecular weight excluding hydrogens is 253 g/mol. The first-order valence-electron chi connectivity index (χ1n) is 3.70. The van der Waals surface area contributed by atoms with Gasteiger partial charge in [0.1, 0.15) is 0 Å². The summed E-state index contributed by atoms with van der Waals surface area (Å²) >= 11 is 8.92. The van der Waals surface area contributed by atoms with Gasteiger partial charge in [-0.3, -0.25) is 4.79 Å². The molecule has 1 rings (SSSR count). The fourth-order valence-electron chi connectivity index (χ4n) is 1.04. The molecule has 70 valence electrons. The Bertz CT molecular complexity index is 397. The molecule has 0 aliphatic carbocycles. The van der Waals surface area contributed by atoms with Crippen LogP contribution in [0.25, 0.3) is 0 Å². The molecule has 0 atom stereocenters. The lowest BCUT2D eigenvalue weighted by atomic mass is 10.3. The number of allylic oxidation sites excluding steroid dienone is 1. The number of aromatic nitrogens is 1. The summed E-state index contributed by atoms with van der Waals surface area (Å²) in [6.07, 6.45) is 1.70. The normalized spacial score (nSPS) is 10.1. The lowest BCUT2D eigenvalue weighted by Crippen LogP contribution is -2.21. The zero-order chi connectivity index (χ0) is 10.0. The smallest absolute Gasteiger partial charge is 0.253 e. The van der Waals surface area contributed by atoms with Gasteiger partial charge in [0, 0.05) is 21.3 Å². The minimum atomic E-state index is -0.0370. The predicted octanol–water partition coefficient (Wildman–Crippen LogP) is 2.67. The number of hydrogen-bond donors (Lipinski definition) is 0. The summed E-state index contributed by atoms with van der Waals surface area (Å²) in [6, 6.07) is 1.77. The molecule has 1 heterocycles. The van der Waals surface area contributed by atoms with Gasteiger partial charge in [0.05, 0.1) is 6.54 Å². The third-order valence-electron chi connectivity index (χ3n) is 1.57. The van der Waals surface area contributed by atoms with Gasteiger partial charge in [0.2, 0.25) is 0 Å². The molecule has 13 heavy (non-hydrogen) atoms. The Labute approximate surface area is 90.0 Å². The molecule has 0 bridgehead atoms. The first-order chi connectivity index (χ1) is 6.00. The fraction of sp³-hybridized carbons (Fsp3) is 0.222. The lowest BCUT2D eigenvalue weighted by Gasteiger charge is -2.05. The van der Waals surface area contributed by atoms with E-state index in [1.165, 1.54) is 4.57 Å². The van der Waals surface area contributed by atoms with Crippen LogP contribution in [0.4, 0.5) is 0 Å². The molecule has 1 aromatic heterocycles. The van der Waals surface area contributed by atoms with Crippen molar-refractivity contribution in [3.8, 4) is 0 Å². The molecule has 0 fully saturated rings. The van der Waals surface area contributed by atoms with E-state index in [0.29, 0.717) is 17.1 Å². The van der Waals surface area contributed by atoms with Gasteiger partial charge < -0.3 is 4.57 Å². The molecule has 0 unspecified atom stereocenters. The van der Waals surface area contributed by atoms with Gasteiger partial charge in [-0.15, -0.1) is 0 Å². The highest BCUT2D eigenvalue weighted by Gasteiger charge is 2.01. The van der Waals surface area contributed by atoms with Crippen LogP contribution in [-0.2, 0) is 6.54 Å². The number of aryl methyl sites for hydroxylation is 1. The van der Waals surface area contributed by atoms with Crippen LogP contribution in [0.3, 0.4) is 0 Å². The summed E-state index contributed by atoms with van der Waals surface area (Å²) < 4.78 is 2.39. The molecule has 1 aromatic rings. The molecule has 0 radical (unpaired) electrons. The molecule has 0 amide bonds. The maximum Gasteiger partial charge on any atom is 0.253 e. The maximum atomic E-state index is 11.5. The van der Waals surface area contributed by atoms with E-state index >= 15 is 0 Å². The summed E-state index contributed by atoms with van der Waals surface area (Å²) in [4.78, 5) is 11.5. The molecule has 0 spiro atoms. The van der Waals surface area contributed by atoms with Crippen molar-refractivity contribution in [1.82, 2.24) is 4.57 Å². The number of rotatable bonds is 2. The molecule has 0 aromatic carbocycles. The Morgan fingerprint density at radius 2 is 2.38 bits per heavy atom. The standard InChI is InChI=1S/C9H9BrClNO/c1-6-3-8(10)5-12(9(6)13)4-7(2)11/h3,5H,2,4H2,1H3. The molecule has 0 saturated heterocycles. The molecule has 2 nitrogen and oxygen atoms in total. The second-order valence-electron chi connectivity index (χ2n) is 2.79. The monoisotopic (exact) mass is 261 g/mol. The van der Waals surface area contributed by atoms with E-state index in [0.717, 1.165) is 4.47 Å². The number of hydrogen-bond acceptors (Lipinski definition) is 1.